The summed E-state index contributed by atoms with van der Waals surface area (Å²) in [7, 11) is 0. The number of rotatable bonds is 2. The Hall–Kier alpha value is -0.990. The molecule has 0 radical (unpaired) electrons. The average Bonchev–Trinajstić information content (AvgIpc) is 2.28. The summed E-state index contributed by atoms with van der Waals surface area (Å²) in [5.74, 6) is 0. The molecule has 0 amide bonds. The lowest BCUT2D eigenvalue weighted by molar-refractivity contribution is 1.33. The predicted octanol–water partition coefficient (Wildman–Crippen LogP) is 5.11. The van der Waals surface area contributed by atoms with E-state index in [0.29, 0.717) is 0 Å². The second kappa shape index (κ2) is 5.11. The summed E-state index contributed by atoms with van der Waals surface area (Å²) in [4.78, 5) is 0.968. The highest BCUT2D eigenvalue weighted by Crippen LogP contribution is 2.28. The fourth-order valence-electron chi connectivity index (χ4n) is 1.73. The molecule has 2 heteroatoms. The zero-order chi connectivity index (χ0) is 12.4. The standard InChI is InChI=1S/C15H13BrS/c1-10-6-7-14(15(17)8-10)11(2)12-4-3-5-13(16)9-12/h3-9,17H,2H2,1H3. The molecule has 0 spiro atoms. The van der Waals surface area contributed by atoms with Gasteiger partial charge in [0.05, 0.1) is 0 Å². The first kappa shape index (κ1) is 12.5. The Balaban J connectivity index is 2.44. The quantitative estimate of drug-likeness (QED) is 0.733. The van der Waals surface area contributed by atoms with E-state index in [-0.39, 0.29) is 0 Å². The molecule has 0 unspecified atom stereocenters. The van der Waals surface area contributed by atoms with Crippen LogP contribution >= 0.6 is 28.6 Å². The van der Waals surface area contributed by atoms with Gasteiger partial charge in [0.1, 0.15) is 0 Å². The lowest BCUT2D eigenvalue weighted by atomic mass is 9.99. The summed E-state index contributed by atoms with van der Waals surface area (Å²) in [6, 6.07) is 14.3. The minimum Gasteiger partial charge on any atom is -0.143 e. The summed E-state index contributed by atoms with van der Waals surface area (Å²) in [6.07, 6.45) is 0. The molecule has 0 N–H and O–H groups in total. The summed E-state index contributed by atoms with van der Waals surface area (Å²) in [5, 5.41) is 0. The van der Waals surface area contributed by atoms with Crippen LogP contribution in [0.4, 0.5) is 0 Å². The molecule has 0 heterocycles. The molecule has 0 saturated carbocycles. The molecule has 0 fully saturated rings. The van der Waals surface area contributed by atoms with Gasteiger partial charge < -0.3 is 0 Å². The van der Waals surface area contributed by atoms with E-state index < -0.39 is 0 Å². The van der Waals surface area contributed by atoms with Gasteiger partial charge in [-0.25, -0.2) is 0 Å². The molecule has 2 aromatic rings. The largest absolute Gasteiger partial charge is 0.143 e. The van der Waals surface area contributed by atoms with Gasteiger partial charge in [0.15, 0.2) is 0 Å². The topological polar surface area (TPSA) is 0 Å². The molecule has 2 rings (SSSR count). The molecule has 0 nitrogen and oxygen atoms in total. The Morgan fingerprint density at radius 2 is 1.94 bits per heavy atom. The van der Waals surface area contributed by atoms with Crippen molar-refractivity contribution >= 4 is 34.1 Å². The first-order valence-corrected chi connectivity index (χ1v) is 6.57. The molecule has 86 valence electrons. The molecule has 0 saturated heterocycles. The molecule has 0 bridgehead atoms. The Bertz CT molecular complexity index is 573. The summed E-state index contributed by atoms with van der Waals surface area (Å²) < 4.78 is 1.06. The summed E-state index contributed by atoms with van der Waals surface area (Å²) in [5.41, 5.74) is 4.40. The van der Waals surface area contributed by atoms with Crippen LogP contribution < -0.4 is 0 Å². The van der Waals surface area contributed by atoms with E-state index in [1.807, 2.05) is 12.1 Å². The normalized spacial score (nSPS) is 10.3. The van der Waals surface area contributed by atoms with Crippen molar-refractivity contribution in [1.29, 1.82) is 0 Å². The molecule has 0 atom stereocenters. The SMILES string of the molecule is C=C(c1cccc(Br)c1)c1ccc(C)cc1S. The van der Waals surface area contributed by atoms with Crippen LogP contribution in [0.25, 0.3) is 5.57 Å². The smallest absolute Gasteiger partial charge is 0.0181 e. The van der Waals surface area contributed by atoms with Crippen molar-refractivity contribution in [1.82, 2.24) is 0 Å². The third kappa shape index (κ3) is 2.82. The average molecular weight is 305 g/mol. The maximum atomic E-state index is 4.51. The minimum atomic E-state index is 0.968. The molecule has 2 aromatic carbocycles. The van der Waals surface area contributed by atoms with Gasteiger partial charge in [-0.15, -0.1) is 12.6 Å². The highest BCUT2D eigenvalue weighted by Gasteiger charge is 2.06. The number of benzene rings is 2. The van der Waals surface area contributed by atoms with Crippen molar-refractivity contribution in [3.8, 4) is 0 Å². The van der Waals surface area contributed by atoms with E-state index in [4.69, 9.17) is 0 Å². The van der Waals surface area contributed by atoms with Crippen LogP contribution in [0.1, 0.15) is 16.7 Å². The van der Waals surface area contributed by atoms with Crippen LogP contribution in [0.3, 0.4) is 0 Å². The van der Waals surface area contributed by atoms with Crippen LogP contribution in [-0.2, 0) is 0 Å². The van der Waals surface area contributed by atoms with Gasteiger partial charge in [-0.1, -0.05) is 46.8 Å². The summed E-state index contributed by atoms with van der Waals surface area (Å²) in [6.45, 7) is 6.22. The number of aryl methyl sites for hydroxylation is 1. The van der Waals surface area contributed by atoms with Crippen molar-refractivity contribution in [2.45, 2.75) is 11.8 Å². The van der Waals surface area contributed by atoms with Crippen molar-refractivity contribution in [3.05, 3.63) is 70.2 Å². The van der Waals surface area contributed by atoms with E-state index in [0.717, 1.165) is 26.1 Å². The predicted molar refractivity (Wildman–Crippen MR) is 80.7 cm³/mol. The maximum Gasteiger partial charge on any atom is 0.0181 e. The fourth-order valence-corrected chi connectivity index (χ4v) is 2.54. The first-order valence-electron chi connectivity index (χ1n) is 5.33. The maximum absolute atomic E-state index is 4.51. The van der Waals surface area contributed by atoms with E-state index in [2.05, 4.69) is 72.4 Å². The minimum absolute atomic E-state index is 0.968. The highest BCUT2D eigenvalue weighted by molar-refractivity contribution is 9.10. The third-order valence-corrected chi connectivity index (χ3v) is 3.51. The number of hydrogen-bond donors (Lipinski definition) is 1. The zero-order valence-electron chi connectivity index (χ0n) is 9.57. The molecular weight excluding hydrogens is 292 g/mol. The molecular formula is C15H13BrS. The van der Waals surface area contributed by atoms with E-state index in [1.54, 1.807) is 0 Å². The Morgan fingerprint density at radius 3 is 2.59 bits per heavy atom. The Morgan fingerprint density at radius 1 is 1.18 bits per heavy atom. The lowest BCUT2D eigenvalue weighted by Gasteiger charge is -2.10. The van der Waals surface area contributed by atoms with Crippen LogP contribution in [0.2, 0.25) is 0 Å². The van der Waals surface area contributed by atoms with E-state index >= 15 is 0 Å². The number of thiol groups is 1. The van der Waals surface area contributed by atoms with E-state index in [9.17, 15) is 0 Å². The van der Waals surface area contributed by atoms with Crippen LogP contribution in [0.15, 0.2) is 58.4 Å². The van der Waals surface area contributed by atoms with Crippen LogP contribution in [0.5, 0.6) is 0 Å². The molecule has 0 aliphatic rings. The third-order valence-electron chi connectivity index (χ3n) is 2.65. The molecule has 17 heavy (non-hydrogen) atoms. The molecule has 0 aromatic heterocycles. The Kier molecular flexibility index (Phi) is 3.75. The van der Waals surface area contributed by atoms with Crippen molar-refractivity contribution in [3.63, 3.8) is 0 Å². The van der Waals surface area contributed by atoms with Crippen molar-refractivity contribution < 1.29 is 0 Å². The monoisotopic (exact) mass is 304 g/mol. The first-order chi connectivity index (χ1) is 8.08. The van der Waals surface area contributed by atoms with Gasteiger partial charge in [0, 0.05) is 9.37 Å². The van der Waals surface area contributed by atoms with Gasteiger partial charge in [0.25, 0.3) is 0 Å². The highest BCUT2D eigenvalue weighted by atomic mass is 79.9. The van der Waals surface area contributed by atoms with E-state index in [1.165, 1.54) is 5.56 Å². The lowest BCUT2D eigenvalue weighted by Crippen LogP contribution is -1.89. The molecule has 0 aliphatic heterocycles. The molecule has 0 aliphatic carbocycles. The number of halogens is 1. The van der Waals surface area contributed by atoms with Gasteiger partial charge >= 0.3 is 0 Å². The van der Waals surface area contributed by atoms with Gasteiger partial charge in [-0.05, 0) is 47.4 Å². The second-order valence-corrected chi connectivity index (χ2v) is 5.41. The van der Waals surface area contributed by atoms with Gasteiger partial charge in [-0.2, -0.15) is 0 Å². The van der Waals surface area contributed by atoms with Gasteiger partial charge in [-0.3, -0.25) is 0 Å². The second-order valence-electron chi connectivity index (χ2n) is 4.01. The van der Waals surface area contributed by atoms with Crippen molar-refractivity contribution in [2.75, 3.05) is 0 Å². The van der Waals surface area contributed by atoms with Crippen molar-refractivity contribution in [2.24, 2.45) is 0 Å². The summed E-state index contributed by atoms with van der Waals surface area (Å²) >= 11 is 7.98. The number of hydrogen-bond acceptors (Lipinski definition) is 1. The fraction of sp³-hybridized carbons (Fsp3) is 0.0667. The van der Waals surface area contributed by atoms with Crippen LogP contribution in [-0.4, -0.2) is 0 Å². The Labute approximate surface area is 116 Å². The zero-order valence-corrected chi connectivity index (χ0v) is 12.1. The van der Waals surface area contributed by atoms with Crippen LogP contribution in [0, 0.1) is 6.92 Å². The van der Waals surface area contributed by atoms with Gasteiger partial charge in [0.2, 0.25) is 0 Å².